The number of aromatic nitrogens is 1. The van der Waals surface area contributed by atoms with E-state index in [4.69, 9.17) is 21.1 Å². The second kappa shape index (κ2) is 5.09. The van der Waals surface area contributed by atoms with E-state index >= 15 is 0 Å². The number of esters is 1. The second-order valence-corrected chi connectivity index (χ2v) is 6.98. The number of halogens is 2. The maximum atomic E-state index is 12.1. The number of hydrogen-bond acceptors (Lipinski definition) is 4. The van der Waals surface area contributed by atoms with Crippen LogP contribution in [0.15, 0.2) is 12.1 Å². The standard InChI is InChI=1S/C13H15ClINO3/c1-12(2,3)19-11(17)13(6-7-13)18-8-4-5-9(15)16-10(8)14/h4-5H,6-7H2,1-3H3. The summed E-state index contributed by atoms with van der Waals surface area (Å²) in [7, 11) is 0. The summed E-state index contributed by atoms with van der Waals surface area (Å²) in [5.74, 6) is 0.0834. The van der Waals surface area contributed by atoms with Crippen LogP contribution in [0, 0.1) is 3.70 Å². The fourth-order valence-electron chi connectivity index (χ4n) is 1.52. The van der Waals surface area contributed by atoms with E-state index in [1.807, 2.05) is 20.8 Å². The van der Waals surface area contributed by atoms with Gasteiger partial charge in [0.05, 0.1) is 0 Å². The van der Waals surface area contributed by atoms with E-state index in [-0.39, 0.29) is 11.1 Å². The van der Waals surface area contributed by atoms with Gasteiger partial charge < -0.3 is 9.47 Å². The molecule has 0 aromatic carbocycles. The average molecular weight is 396 g/mol. The molecule has 0 unspecified atom stereocenters. The van der Waals surface area contributed by atoms with Crippen molar-refractivity contribution in [2.45, 2.75) is 44.8 Å². The van der Waals surface area contributed by atoms with Crippen molar-refractivity contribution in [2.24, 2.45) is 0 Å². The summed E-state index contributed by atoms with van der Waals surface area (Å²) in [6, 6.07) is 3.51. The van der Waals surface area contributed by atoms with E-state index in [2.05, 4.69) is 27.6 Å². The molecule has 4 nitrogen and oxygen atoms in total. The Balaban J connectivity index is 2.12. The fourth-order valence-corrected chi connectivity index (χ4v) is 2.27. The van der Waals surface area contributed by atoms with Crippen LogP contribution < -0.4 is 4.74 Å². The lowest BCUT2D eigenvalue weighted by atomic mass is 10.2. The fraction of sp³-hybridized carbons (Fsp3) is 0.538. The normalized spacial score (nSPS) is 16.9. The van der Waals surface area contributed by atoms with Gasteiger partial charge in [0.2, 0.25) is 5.60 Å². The van der Waals surface area contributed by atoms with Crippen LogP contribution in [0.5, 0.6) is 5.75 Å². The Kier molecular flexibility index (Phi) is 3.97. The molecule has 1 aromatic rings. The summed E-state index contributed by atoms with van der Waals surface area (Å²) in [5, 5.41) is 0.265. The highest BCUT2D eigenvalue weighted by molar-refractivity contribution is 14.1. The molecule has 0 spiro atoms. The van der Waals surface area contributed by atoms with Crippen LogP contribution >= 0.6 is 34.2 Å². The molecule has 1 saturated carbocycles. The SMILES string of the molecule is CC(C)(C)OC(=O)C1(Oc2ccc(I)nc2Cl)CC1. The summed E-state index contributed by atoms with van der Waals surface area (Å²) in [4.78, 5) is 16.2. The van der Waals surface area contributed by atoms with Crippen LogP contribution in [0.2, 0.25) is 5.15 Å². The molecule has 6 heteroatoms. The first-order chi connectivity index (χ1) is 8.72. The van der Waals surface area contributed by atoms with E-state index < -0.39 is 11.2 Å². The number of carbonyl (C=O) groups is 1. The molecular formula is C13H15ClINO3. The van der Waals surface area contributed by atoms with Gasteiger partial charge in [-0.15, -0.1) is 0 Å². The molecule has 104 valence electrons. The van der Waals surface area contributed by atoms with Crippen molar-refractivity contribution in [3.05, 3.63) is 21.0 Å². The van der Waals surface area contributed by atoms with Crippen molar-refractivity contribution in [3.63, 3.8) is 0 Å². The molecule has 0 N–H and O–H groups in total. The first-order valence-electron chi connectivity index (χ1n) is 5.96. The molecule has 0 amide bonds. The van der Waals surface area contributed by atoms with Crippen molar-refractivity contribution in [1.29, 1.82) is 0 Å². The number of rotatable bonds is 3. The van der Waals surface area contributed by atoms with Gasteiger partial charge in [-0.05, 0) is 55.5 Å². The zero-order valence-electron chi connectivity index (χ0n) is 11.0. The average Bonchev–Trinajstić information content (AvgIpc) is 3.01. The molecule has 1 aromatic heterocycles. The van der Waals surface area contributed by atoms with Gasteiger partial charge in [-0.1, -0.05) is 11.6 Å². The van der Waals surface area contributed by atoms with Gasteiger partial charge in [0.25, 0.3) is 0 Å². The zero-order chi connectivity index (χ0) is 14.3. The summed E-state index contributed by atoms with van der Waals surface area (Å²) in [6.07, 6.45) is 1.29. The van der Waals surface area contributed by atoms with Crippen LogP contribution in [0.25, 0.3) is 0 Å². The smallest absolute Gasteiger partial charge is 0.351 e. The van der Waals surface area contributed by atoms with E-state index in [1.54, 1.807) is 12.1 Å². The van der Waals surface area contributed by atoms with Gasteiger partial charge >= 0.3 is 5.97 Å². The number of carbonyl (C=O) groups excluding carboxylic acids is 1. The van der Waals surface area contributed by atoms with Crippen molar-refractivity contribution < 1.29 is 14.3 Å². The molecule has 0 aliphatic heterocycles. The largest absolute Gasteiger partial charge is 0.472 e. The van der Waals surface area contributed by atoms with Crippen LogP contribution in [-0.4, -0.2) is 22.2 Å². The second-order valence-electron chi connectivity index (χ2n) is 5.52. The molecule has 0 atom stereocenters. The lowest BCUT2D eigenvalue weighted by Gasteiger charge is -2.24. The van der Waals surface area contributed by atoms with Crippen molar-refractivity contribution >= 4 is 40.2 Å². The van der Waals surface area contributed by atoms with Gasteiger partial charge in [0, 0.05) is 12.8 Å². The van der Waals surface area contributed by atoms with E-state index in [0.29, 0.717) is 18.6 Å². The molecule has 1 aliphatic carbocycles. The Hall–Kier alpha value is -0.560. The molecule has 2 rings (SSSR count). The van der Waals surface area contributed by atoms with Crippen molar-refractivity contribution in [2.75, 3.05) is 0 Å². The molecule has 19 heavy (non-hydrogen) atoms. The Labute approximate surface area is 131 Å². The predicted octanol–water partition coefficient (Wildman–Crippen LogP) is 3.59. The van der Waals surface area contributed by atoms with E-state index in [1.165, 1.54) is 0 Å². The number of nitrogens with zero attached hydrogens (tertiary/aromatic N) is 1. The van der Waals surface area contributed by atoms with Gasteiger partial charge in [0.15, 0.2) is 10.9 Å². The minimum absolute atomic E-state index is 0.265. The molecule has 0 saturated heterocycles. The molecule has 1 aliphatic rings. The number of ether oxygens (including phenoxy) is 2. The van der Waals surface area contributed by atoms with Crippen LogP contribution in [0.4, 0.5) is 0 Å². The molecule has 0 bridgehead atoms. The van der Waals surface area contributed by atoms with Crippen LogP contribution in [0.3, 0.4) is 0 Å². The zero-order valence-corrected chi connectivity index (χ0v) is 13.9. The first-order valence-corrected chi connectivity index (χ1v) is 7.42. The van der Waals surface area contributed by atoms with Crippen LogP contribution in [-0.2, 0) is 9.53 Å². The maximum absolute atomic E-state index is 12.1. The predicted molar refractivity (Wildman–Crippen MR) is 80.4 cm³/mol. The van der Waals surface area contributed by atoms with Crippen molar-refractivity contribution in [3.8, 4) is 5.75 Å². The minimum Gasteiger partial charge on any atom is -0.472 e. The molecule has 1 fully saturated rings. The topological polar surface area (TPSA) is 48.4 Å². The number of pyridine rings is 1. The first kappa shape index (κ1) is 14.8. The third-order valence-corrected chi connectivity index (χ3v) is 3.43. The highest BCUT2D eigenvalue weighted by atomic mass is 127. The Bertz CT molecular complexity index is 509. The third-order valence-electron chi connectivity index (χ3n) is 2.56. The summed E-state index contributed by atoms with van der Waals surface area (Å²) < 4.78 is 11.9. The Morgan fingerprint density at radius 2 is 2.05 bits per heavy atom. The van der Waals surface area contributed by atoms with Gasteiger partial charge in [0.1, 0.15) is 9.30 Å². The molecular weight excluding hydrogens is 381 g/mol. The lowest BCUT2D eigenvalue weighted by Crippen LogP contribution is -2.37. The van der Waals surface area contributed by atoms with Crippen LogP contribution in [0.1, 0.15) is 33.6 Å². The van der Waals surface area contributed by atoms with Gasteiger partial charge in [-0.25, -0.2) is 9.78 Å². The Morgan fingerprint density at radius 3 is 2.53 bits per heavy atom. The monoisotopic (exact) mass is 395 g/mol. The molecule has 1 heterocycles. The van der Waals surface area contributed by atoms with Gasteiger partial charge in [-0.2, -0.15) is 0 Å². The highest BCUT2D eigenvalue weighted by Crippen LogP contribution is 2.43. The molecule has 0 radical (unpaired) electrons. The maximum Gasteiger partial charge on any atom is 0.351 e. The number of hydrogen-bond donors (Lipinski definition) is 0. The minimum atomic E-state index is -0.884. The summed E-state index contributed by atoms with van der Waals surface area (Å²) >= 11 is 8.07. The summed E-state index contributed by atoms with van der Waals surface area (Å²) in [5.41, 5.74) is -1.41. The van der Waals surface area contributed by atoms with Crippen molar-refractivity contribution in [1.82, 2.24) is 4.98 Å². The van der Waals surface area contributed by atoms with Gasteiger partial charge in [-0.3, -0.25) is 0 Å². The summed E-state index contributed by atoms with van der Waals surface area (Å²) in [6.45, 7) is 5.50. The Morgan fingerprint density at radius 1 is 1.42 bits per heavy atom. The van der Waals surface area contributed by atoms with E-state index in [9.17, 15) is 4.79 Å². The highest BCUT2D eigenvalue weighted by Gasteiger charge is 2.55. The lowest BCUT2D eigenvalue weighted by molar-refractivity contribution is -0.165. The van der Waals surface area contributed by atoms with E-state index in [0.717, 1.165) is 3.70 Å². The third kappa shape index (κ3) is 3.72. The quantitative estimate of drug-likeness (QED) is 0.446.